The summed E-state index contributed by atoms with van der Waals surface area (Å²) in [4.78, 5) is 2.37. The highest BCUT2D eigenvalue weighted by Gasteiger charge is 2.14. The smallest absolute Gasteiger partial charge is 0.0363 e. The highest BCUT2D eigenvalue weighted by atomic mass is 32.2. The summed E-state index contributed by atoms with van der Waals surface area (Å²) < 4.78 is 11.2. The van der Waals surface area contributed by atoms with Crippen LogP contribution in [0.5, 0.6) is 0 Å². The minimum Gasteiger partial charge on any atom is -0.297 e. The van der Waals surface area contributed by atoms with Crippen molar-refractivity contribution in [2.75, 3.05) is 24.6 Å². The summed E-state index contributed by atoms with van der Waals surface area (Å²) in [6.45, 7) is 2.88. The Morgan fingerprint density at radius 3 is 2.62 bits per heavy atom. The second kappa shape index (κ2) is 5.84. The zero-order valence-corrected chi connectivity index (χ0v) is 11.0. The summed E-state index contributed by atoms with van der Waals surface area (Å²) in [5, 5.41) is 0. The fourth-order valence-electron chi connectivity index (χ4n) is 1.92. The Labute approximate surface area is 105 Å². The van der Waals surface area contributed by atoms with Gasteiger partial charge in [-0.15, -0.1) is 0 Å². The zero-order valence-electron chi connectivity index (χ0n) is 9.26. The second-order valence-corrected chi connectivity index (χ2v) is 6.11. The minimum absolute atomic E-state index is 0.579. The molecule has 2 rings (SSSR count). The fraction of sp³-hybridized carbons (Fsp3) is 0.500. The van der Waals surface area contributed by atoms with Crippen molar-refractivity contribution >= 4 is 23.4 Å². The molecule has 1 aromatic carbocycles. The second-order valence-electron chi connectivity index (χ2n) is 4.10. The van der Waals surface area contributed by atoms with E-state index in [1.54, 1.807) is 0 Å². The third-order valence-corrected chi connectivity index (χ3v) is 4.49. The van der Waals surface area contributed by atoms with Gasteiger partial charge in [0.05, 0.1) is 0 Å². The molecular weight excluding hydrogens is 238 g/mol. The number of nitrogens with zero attached hydrogens (tertiary/aromatic N) is 1. The summed E-state index contributed by atoms with van der Waals surface area (Å²) in [5.41, 5.74) is 2.60. The van der Waals surface area contributed by atoms with Crippen LogP contribution in [-0.4, -0.2) is 33.7 Å². The predicted molar refractivity (Wildman–Crippen MR) is 72.3 cm³/mol. The molecule has 2 nitrogen and oxygen atoms in total. The summed E-state index contributed by atoms with van der Waals surface area (Å²) in [7, 11) is -0.579. The average molecular weight is 255 g/mol. The molecule has 1 aliphatic heterocycles. The zero-order chi connectivity index (χ0) is 11.4. The van der Waals surface area contributed by atoms with Crippen LogP contribution in [0.15, 0.2) is 24.3 Å². The van der Waals surface area contributed by atoms with E-state index in [-0.39, 0.29) is 0 Å². The van der Waals surface area contributed by atoms with Gasteiger partial charge in [0.25, 0.3) is 0 Å². The number of rotatable bonds is 3. The largest absolute Gasteiger partial charge is 0.297 e. The lowest BCUT2D eigenvalue weighted by Crippen LogP contribution is -2.37. The van der Waals surface area contributed by atoms with E-state index < -0.39 is 10.8 Å². The molecule has 1 saturated heterocycles. The van der Waals surface area contributed by atoms with Crippen LogP contribution >= 0.6 is 12.6 Å². The molecule has 0 atom stereocenters. The Hall–Kier alpha value is -0.320. The Morgan fingerprint density at radius 1 is 1.25 bits per heavy atom. The summed E-state index contributed by atoms with van der Waals surface area (Å²) in [5.74, 6) is 2.44. The number of benzene rings is 1. The van der Waals surface area contributed by atoms with Gasteiger partial charge >= 0.3 is 0 Å². The van der Waals surface area contributed by atoms with Gasteiger partial charge in [0.1, 0.15) is 0 Å². The highest BCUT2D eigenvalue weighted by molar-refractivity contribution is 7.85. The molecule has 0 aliphatic carbocycles. The first-order valence-corrected chi connectivity index (χ1v) is 7.66. The van der Waals surface area contributed by atoms with Crippen molar-refractivity contribution in [2.24, 2.45) is 0 Å². The van der Waals surface area contributed by atoms with Crippen LogP contribution in [-0.2, 0) is 23.1 Å². The van der Waals surface area contributed by atoms with Crippen LogP contribution in [0.25, 0.3) is 0 Å². The quantitative estimate of drug-likeness (QED) is 0.829. The molecule has 0 amide bonds. The summed E-state index contributed by atoms with van der Waals surface area (Å²) in [6.07, 6.45) is 0. The van der Waals surface area contributed by atoms with Crippen molar-refractivity contribution in [3.05, 3.63) is 35.4 Å². The Balaban J connectivity index is 1.95. The average Bonchev–Trinajstić information content (AvgIpc) is 2.32. The first-order chi connectivity index (χ1) is 7.78. The first kappa shape index (κ1) is 12.1. The van der Waals surface area contributed by atoms with Crippen molar-refractivity contribution in [3.8, 4) is 0 Å². The summed E-state index contributed by atoms with van der Waals surface area (Å²) >= 11 is 4.28. The third-order valence-electron chi connectivity index (χ3n) is 2.85. The van der Waals surface area contributed by atoms with Gasteiger partial charge in [0, 0.05) is 47.7 Å². The fourth-order valence-corrected chi connectivity index (χ4v) is 3.24. The number of hydrogen-bond acceptors (Lipinski definition) is 3. The molecule has 4 heteroatoms. The van der Waals surface area contributed by atoms with Crippen LogP contribution in [0.1, 0.15) is 11.1 Å². The molecule has 0 saturated carbocycles. The van der Waals surface area contributed by atoms with E-state index in [0.29, 0.717) is 0 Å². The van der Waals surface area contributed by atoms with Crippen molar-refractivity contribution in [1.29, 1.82) is 0 Å². The molecule has 0 spiro atoms. The lowest BCUT2D eigenvalue weighted by Gasteiger charge is -2.26. The maximum Gasteiger partial charge on any atom is 0.0363 e. The van der Waals surface area contributed by atoms with E-state index >= 15 is 0 Å². The molecule has 1 heterocycles. The van der Waals surface area contributed by atoms with Crippen molar-refractivity contribution in [1.82, 2.24) is 4.90 Å². The molecule has 16 heavy (non-hydrogen) atoms. The topological polar surface area (TPSA) is 20.3 Å². The van der Waals surface area contributed by atoms with Gasteiger partial charge in [-0.2, -0.15) is 12.6 Å². The van der Waals surface area contributed by atoms with Crippen LogP contribution in [0.4, 0.5) is 0 Å². The lowest BCUT2D eigenvalue weighted by molar-refractivity contribution is 0.291. The monoisotopic (exact) mass is 255 g/mol. The SMILES string of the molecule is O=S1CCN(Cc2cccc(CS)c2)CC1. The molecule has 1 aromatic rings. The third kappa shape index (κ3) is 3.34. The van der Waals surface area contributed by atoms with Crippen molar-refractivity contribution in [3.63, 3.8) is 0 Å². The standard InChI is InChI=1S/C12H17NOS2/c14-16-6-4-13(5-7-16)9-11-2-1-3-12(8-11)10-15/h1-3,8,15H,4-7,9-10H2. The molecular formula is C12H17NOS2. The highest BCUT2D eigenvalue weighted by Crippen LogP contribution is 2.11. The van der Waals surface area contributed by atoms with Gasteiger partial charge in [-0.25, -0.2) is 0 Å². The normalized spacial score (nSPS) is 18.8. The van der Waals surface area contributed by atoms with Crippen molar-refractivity contribution in [2.45, 2.75) is 12.3 Å². The maximum absolute atomic E-state index is 11.2. The van der Waals surface area contributed by atoms with Gasteiger partial charge in [-0.3, -0.25) is 9.11 Å². The summed E-state index contributed by atoms with van der Waals surface area (Å²) in [6, 6.07) is 8.54. The van der Waals surface area contributed by atoms with E-state index in [0.717, 1.165) is 36.9 Å². The molecule has 1 aliphatic rings. The van der Waals surface area contributed by atoms with Gasteiger partial charge in [0.2, 0.25) is 0 Å². The molecule has 0 radical (unpaired) electrons. The maximum atomic E-state index is 11.2. The van der Waals surface area contributed by atoms with Crippen LogP contribution in [0.2, 0.25) is 0 Å². The van der Waals surface area contributed by atoms with E-state index in [1.807, 2.05) is 0 Å². The van der Waals surface area contributed by atoms with Gasteiger partial charge in [-0.1, -0.05) is 24.3 Å². The van der Waals surface area contributed by atoms with E-state index in [1.165, 1.54) is 11.1 Å². The lowest BCUT2D eigenvalue weighted by atomic mass is 10.1. The Bertz CT molecular complexity index is 371. The van der Waals surface area contributed by atoms with E-state index in [9.17, 15) is 4.21 Å². The minimum atomic E-state index is -0.579. The predicted octanol–water partition coefficient (Wildman–Crippen LogP) is 1.68. The van der Waals surface area contributed by atoms with Gasteiger partial charge in [0.15, 0.2) is 0 Å². The molecule has 0 unspecified atom stereocenters. The van der Waals surface area contributed by atoms with Crippen molar-refractivity contribution < 1.29 is 4.21 Å². The van der Waals surface area contributed by atoms with E-state index in [4.69, 9.17) is 0 Å². The van der Waals surface area contributed by atoms with Crippen LogP contribution < -0.4 is 0 Å². The molecule has 1 fully saturated rings. The van der Waals surface area contributed by atoms with E-state index in [2.05, 4.69) is 41.8 Å². The van der Waals surface area contributed by atoms with Crippen LogP contribution in [0, 0.1) is 0 Å². The van der Waals surface area contributed by atoms with Gasteiger partial charge in [-0.05, 0) is 11.1 Å². The number of thiol groups is 1. The molecule has 0 N–H and O–H groups in total. The Morgan fingerprint density at radius 2 is 1.94 bits per heavy atom. The first-order valence-electron chi connectivity index (χ1n) is 5.54. The molecule has 0 aromatic heterocycles. The van der Waals surface area contributed by atoms with Gasteiger partial charge < -0.3 is 0 Å². The number of hydrogen-bond donors (Lipinski definition) is 1. The molecule has 88 valence electrons. The van der Waals surface area contributed by atoms with Crippen LogP contribution in [0.3, 0.4) is 0 Å². The molecule has 0 bridgehead atoms. The Kier molecular flexibility index (Phi) is 4.44.